The minimum atomic E-state index is -4.48. The fraction of sp³-hybridized carbons (Fsp3) is 0.310. The topological polar surface area (TPSA) is 47.3 Å². The molecule has 0 spiro atoms. The number of alkyl halides is 3. The predicted octanol–water partition coefficient (Wildman–Crippen LogP) is 7.60. The van der Waals surface area contributed by atoms with E-state index in [2.05, 4.69) is 38.2 Å². The number of allylic oxidation sites excluding steroid dienone is 1. The number of nitrogens with one attached hydrogen (secondary N) is 1. The van der Waals surface area contributed by atoms with Crippen LogP contribution >= 0.6 is 0 Å². The number of rotatable bonds is 5. The third-order valence-electron chi connectivity index (χ3n) is 6.52. The summed E-state index contributed by atoms with van der Waals surface area (Å²) >= 11 is 0. The number of hydrogen-bond acceptors (Lipinski definition) is 3. The van der Waals surface area contributed by atoms with E-state index < -0.39 is 17.8 Å². The fourth-order valence-electron chi connectivity index (χ4n) is 4.97. The van der Waals surface area contributed by atoms with Crippen LogP contribution < -0.4 is 15.8 Å². The monoisotopic (exact) mass is 480 g/mol. The van der Waals surface area contributed by atoms with Crippen molar-refractivity contribution in [2.24, 2.45) is 5.73 Å². The van der Waals surface area contributed by atoms with E-state index >= 15 is 0 Å². The zero-order chi connectivity index (χ0) is 25.5. The van der Waals surface area contributed by atoms with Crippen LogP contribution in [0.2, 0.25) is 0 Å². The molecule has 6 heteroatoms. The lowest BCUT2D eigenvalue weighted by Gasteiger charge is -2.35. The number of aryl methyl sites for hydroxylation is 1. The summed E-state index contributed by atoms with van der Waals surface area (Å²) in [6.07, 6.45) is -1.49. The van der Waals surface area contributed by atoms with Crippen LogP contribution in [0.5, 0.6) is 5.75 Å². The highest BCUT2D eigenvalue weighted by molar-refractivity contribution is 5.89. The molecule has 0 radical (unpaired) electrons. The SMILES string of the molecule is CCc1cccc(C(N)c2c(-c3cc(C(F)(F)F)ccc3OC)ccc3c2C(C)=CC(C)(C)N3)c1. The van der Waals surface area contributed by atoms with Gasteiger partial charge in [0.15, 0.2) is 0 Å². The molecule has 184 valence electrons. The molecule has 1 atom stereocenters. The van der Waals surface area contributed by atoms with E-state index in [1.165, 1.54) is 13.2 Å². The maximum Gasteiger partial charge on any atom is 0.416 e. The first-order chi connectivity index (χ1) is 16.4. The van der Waals surface area contributed by atoms with Crippen LogP contribution in [0.25, 0.3) is 16.7 Å². The van der Waals surface area contributed by atoms with Gasteiger partial charge < -0.3 is 15.8 Å². The molecule has 1 aliphatic heterocycles. The fourth-order valence-corrected chi connectivity index (χ4v) is 4.97. The molecule has 1 aliphatic rings. The van der Waals surface area contributed by atoms with E-state index in [1.807, 2.05) is 37.3 Å². The highest BCUT2D eigenvalue weighted by Crippen LogP contribution is 2.46. The smallest absolute Gasteiger partial charge is 0.416 e. The van der Waals surface area contributed by atoms with Gasteiger partial charge in [0.1, 0.15) is 5.75 Å². The first-order valence-electron chi connectivity index (χ1n) is 11.7. The lowest BCUT2D eigenvalue weighted by molar-refractivity contribution is -0.137. The molecule has 4 rings (SSSR count). The Labute approximate surface area is 204 Å². The summed E-state index contributed by atoms with van der Waals surface area (Å²) in [6.45, 7) is 8.25. The van der Waals surface area contributed by atoms with Crippen LogP contribution in [-0.4, -0.2) is 12.6 Å². The molecule has 0 saturated heterocycles. The molecule has 1 unspecified atom stereocenters. The zero-order valence-electron chi connectivity index (χ0n) is 20.7. The van der Waals surface area contributed by atoms with Crippen LogP contribution in [0.15, 0.2) is 60.7 Å². The lowest BCUT2D eigenvalue weighted by atomic mass is 9.80. The highest BCUT2D eigenvalue weighted by Gasteiger charge is 2.33. The van der Waals surface area contributed by atoms with Crippen molar-refractivity contribution in [2.75, 3.05) is 12.4 Å². The lowest BCUT2D eigenvalue weighted by Crippen LogP contribution is -2.32. The van der Waals surface area contributed by atoms with Crippen LogP contribution in [-0.2, 0) is 12.6 Å². The maximum atomic E-state index is 13.7. The number of ether oxygens (including phenoxy) is 1. The number of nitrogens with two attached hydrogens (primary N) is 1. The Morgan fingerprint density at radius 2 is 1.77 bits per heavy atom. The number of benzene rings is 3. The molecular weight excluding hydrogens is 449 g/mol. The normalized spacial score (nSPS) is 15.6. The summed E-state index contributed by atoms with van der Waals surface area (Å²) in [6, 6.07) is 14.8. The predicted molar refractivity (Wildman–Crippen MR) is 137 cm³/mol. The Morgan fingerprint density at radius 1 is 1.03 bits per heavy atom. The van der Waals surface area contributed by atoms with Crippen molar-refractivity contribution in [3.05, 3.63) is 88.5 Å². The van der Waals surface area contributed by atoms with Gasteiger partial charge in [0.2, 0.25) is 0 Å². The molecule has 3 aromatic rings. The van der Waals surface area contributed by atoms with Gasteiger partial charge in [0.05, 0.1) is 24.3 Å². The van der Waals surface area contributed by atoms with E-state index in [1.54, 1.807) is 0 Å². The van der Waals surface area contributed by atoms with Crippen molar-refractivity contribution in [3.8, 4) is 16.9 Å². The van der Waals surface area contributed by atoms with Crippen molar-refractivity contribution in [3.63, 3.8) is 0 Å². The van der Waals surface area contributed by atoms with Gasteiger partial charge >= 0.3 is 6.18 Å². The Morgan fingerprint density at radius 3 is 2.43 bits per heavy atom. The molecule has 3 N–H and O–H groups in total. The van der Waals surface area contributed by atoms with Crippen molar-refractivity contribution < 1.29 is 17.9 Å². The van der Waals surface area contributed by atoms with E-state index in [4.69, 9.17) is 10.5 Å². The first-order valence-corrected chi connectivity index (χ1v) is 11.7. The van der Waals surface area contributed by atoms with Gasteiger partial charge in [-0.3, -0.25) is 0 Å². The van der Waals surface area contributed by atoms with E-state index in [9.17, 15) is 13.2 Å². The van der Waals surface area contributed by atoms with Gasteiger partial charge in [-0.05, 0) is 79.3 Å². The van der Waals surface area contributed by atoms with Crippen molar-refractivity contribution in [1.82, 2.24) is 0 Å². The molecule has 0 amide bonds. The van der Waals surface area contributed by atoms with Gasteiger partial charge in [0, 0.05) is 16.8 Å². The van der Waals surface area contributed by atoms with Gasteiger partial charge in [-0.2, -0.15) is 13.2 Å². The third-order valence-corrected chi connectivity index (χ3v) is 6.52. The third kappa shape index (κ3) is 4.80. The van der Waals surface area contributed by atoms with E-state index in [0.29, 0.717) is 16.9 Å². The van der Waals surface area contributed by atoms with Gasteiger partial charge in [0.25, 0.3) is 0 Å². The second-order valence-corrected chi connectivity index (χ2v) is 9.61. The van der Waals surface area contributed by atoms with Gasteiger partial charge in [-0.25, -0.2) is 0 Å². The highest BCUT2D eigenvalue weighted by atomic mass is 19.4. The van der Waals surface area contributed by atoms with Gasteiger partial charge in [-0.15, -0.1) is 0 Å². The number of methoxy groups -OCH3 is 1. The number of halogens is 3. The molecule has 0 saturated carbocycles. The minimum Gasteiger partial charge on any atom is -0.496 e. The number of hydrogen-bond donors (Lipinski definition) is 2. The second-order valence-electron chi connectivity index (χ2n) is 9.61. The summed E-state index contributed by atoms with van der Waals surface area (Å²) in [5.74, 6) is 0.361. The Balaban J connectivity index is 2.04. The van der Waals surface area contributed by atoms with Crippen LogP contribution in [0.3, 0.4) is 0 Å². The Bertz CT molecular complexity index is 1290. The van der Waals surface area contributed by atoms with E-state index in [-0.39, 0.29) is 5.54 Å². The Kier molecular flexibility index (Phi) is 6.45. The van der Waals surface area contributed by atoms with E-state index in [0.717, 1.165) is 52.1 Å². The van der Waals surface area contributed by atoms with Crippen molar-refractivity contribution in [1.29, 1.82) is 0 Å². The molecular formula is C29H31F3N2O. The molecule has 3 nitrogen and oxygen atoms in total. The Hall–Kier alpha value is -3.25. The quantitative estimate of drug-likeness (QED) is 0.395. The molecule has 0 aliphatic carbocycles. The van der Waals surface area contributed by atoms with Crippen molar-refractivity contribution >= 4 is 11.3 Å². The average molecular weight is 481 g/mol. The van der Waals surface area contributed by atoms with Crippen LogP contribution in [0, 0.1) is 0 Å². The van der Waals surface area contributed by atoms with Gasteiger partial charge in [-0.1, -0.05) is 43.3 Å². The largest absolute Gasteiger partial charge is 0.496 e. The standard InChI is InChI=1S/C29H31F3N2O/c1-6-18-8-7-9-19(14-18)27(33)26-21(11-12-23-25(26)17(2)16-28(3,4)34-23)22-15-20(29(30,31)32)10-13-24(22)35-5/h7-16,27,34H,6,33H2,1-5H3. The van der Waals surface area contributed by atoms with Crippen LogP contribution in [0.1, 0.15) is 61.6 Å². The summed E-state index contributed by atoms with van der Waals surface area (Å²) in [7, 11) is 1.46. The molecule has 0 aromatic heterocycles. The molecule has 0 bridgehead atoms. The maximum absolute atomic E-state index is 13.7. The summed E-state index contributed by atoms with van der Waals surface area (Å²) in [5, 5.41) is 3.54. The molecule has 0 fully saturated rings. The summed E-state index contributed by atoms with van der Waals surface area (Å²) < 4.78 is 46.5. The number of fused-ring (bicyclic) bond motifs is 1. The second kappa shape index (κ2) is 9.08. The molecule has 1 heterocycles. The molecule has 3 aromatic carbocycles. The zero-order valence-corrected chi connectivity index (χ0v) is 20.7. The van der Waals surface area contributed by atoms with Crippen molar-refractivity contribution in [2.45, 2.75) is 51.9 Å². The first kappa shape index (κ1) is 24.9. The molecule has 35 heavy (non-hydrogen) atoms. The summed E-state index contributed by atoms with van der Waals surface area (Å²) in [4.78, 5) is 0. The summed E-state index contributed by atoms with van der Waals surface area (Å²) in [5.41, 5.74) is 12.6. The minimum absolute atomic E-state index is 0.268. The average Bonchev–Trinajstić information content (AvgIpc) is 2.81. The number of anilines is 1. The van der Waals surface area contributed by atoms with Crippen LogP contribution in [0.4, 0.5) is 18.9 Å².